The number of benzene rings is 4. The molecule has 0 unspecified atom stereocenters. The summed E-state index contributed by atoms with van der Waals surface area (Å²) in [6, 6.07) is 23.8. The van der Waals surface area contributed by atoms with Crippen LogP contribution in [0.2, 0.25) is 10.0 Å². The Morgan fingerprint density at radius 2 is 1.77 bits per heavy atom. The van der Waals surface area contributed by atoms with Crippen LogP contribution in [0.4, 0.5) is 0 Å². The summed E-state index contributed by atoms with van der Waals surface area (Å²) in [4.78, 5) is 33.1. The van der Waals surface area contributed by atoms with Gasteiger partial charge in [-0.25, -0.2) is 9.79 Å². The molecule has 1 aliphatic heterocycles. The lowest BCUT2D eigenvalue weighted by Crippen LogP contribution is -2.40. The summed E-state index contributed by atoms with van der Waals surface area (Å²) < 4.78 is 20.0. The van der Waals surface area contributed by atoms with Crippen molar-refractivity contribution in [3.8, 4) is 11.5 Å². The van der Waals surface area contributed by atoms with Crippen LogP contribution in [0.5, 0.6) is 11.5 Å². The van der Waals surface area contributed by atoms with Crippen LogP contribution in [0.15, 0.2) is 99.9 Å². The third kappa shape index (κ3) is 6.59. The normalized spacial score (nSPS) is 14.7. The van der Waals surface area contributed by atoms with Gasteiger partial charge >= 0.3 is 5.97 Å². The van der Waals surface area contributed by atoms with Gasteiger partial charge in [0.2, 0.25) is 0 Å². The fourth-order valence-electron chi connectivity index (χ4n) is 5.63. The van der Waals surface area contributed by atoms with Crippen LogP contribution in [0, 0.1) is 0 Å². The zero-order valence-electron chi connectivity index (χ0n) is 26.3. The zero-order valence-corrected chi connectivity index (χ0v) is 28.6. The van der Waals surface area contributed by atoms with Crippen LogP contribution in [0.25, 0.3) is 16.8 Å². The number of aromatic nitrogens is 1. The number of esters is 1. The molecule has 7 nitrogen and oxygen atoms in total. The third-order valence-corrected chi connectivity index (χ3v) is 9.40. The van der Waals surface area contributed by atoms with Gasteiger partial charge < -0.3 is 14.2 Å². The molecule has 0 fully saturated rings. The molecule has 0 spiro atoms. The van der Waals surface area contributed by atoms with Crippen molar-refractivity contribution < 1.29 is 19.0 Å². The zero-order chi connectivity index (χ0) is 33.2. The van der Waals surface area contributed by atoms with E-state index in [1.165, 1.54) is 11.3 Å². The molecule has 5 aromatic rings. The topological polar surface area (TPSA) is 79.1 Å². The first-order valence-electron chi connectivity index (χ1n) is 15.2. The first-order chi connectivity index (χ1) is 22.7. The van der Waals surface area contributed by atoms with Crippen molar-refractivity contribution in [3.63, 3.8) is 0 Å². The van der Waals surface area contributed by atoms with Gasteiger partial charge in [-0.2, -0.15) is 0 Å². The van der Waals surface area contributed by atoms with Gasteiger partial charge in [0.05, 0.1) is 38.6 Å². The largest absolute Gasteiger partial charge is 0.491 e. The smallest absolute Gasteiger partial charge is 0.338 e. The van der Waals surface area contributed by atoms with E-state index in [1.54, 1.807) is 30.5 Å². The second kappa shape index (κ2) is 13.8. The number of carbonyl (C=O) groups is 1. The predicted molar refractivity (Wildman–Crippen MR) is 187 cm³/mol. The van der Waals surface area contributed by atoms with Gasteiger partial charge in [-0.15, -0.1) is 0 Å². The number of hydrogen-bond donors (Lipinski definition) is 0. The standard InChI is InChI=1S/C37H32Cl2N2O5S/c1-5-44-36(43)33-22(4)40-37-41(34(33)26-12-8-9-13-31(26)46-21(2)3)35(42)32(47-37)19-27-25-11-7-6-10-24(25)15-17-30(27)45-20-23-14-16-28(38)29(39)18-23/h6-19,21,34H,5,20H2,1-4H3/b32-19-/t34-/m1/s1. The highest BCUT2D eigenvalue weighted by Gasteiger charge is 2.35. The number of thiazole rings is 1. The van der Waals surface area contributed by atoms with E-state index in [2.05, 4.69) is 0 Å². The van der Waals surface area contributed by atoms with Gasteiger partial charge in [-0.1, -0.05) is 89.1 Å². The van der Waals surface area contributed by atoms with Crippen LogP contribution >= 0.6 is 34.5 Å². The molecule has 0 aliphatic carbocycles. The number of halogens is 2. The monoisotopic (exact) mass is 686 g/mol. The minimum absolute atomic E-state index is 0.128. The Labute approximate surface area is 286 Å². The fraction of sp³-hybridized carbons (Fsp3) is 0.216. The molecule has 0 bridgehead atoms. The van der Waals surface area contributed by atoms with Crippen molar-refractivity contribution in [2.45, 2.75) is 46.4 Å². The molecule has 1 aliphatic rings. The summed E-state index contributed by atoms with van der Waals surface area (Å²) in [5.41, 5.74) is 2.74. The molecule has 0 N–H and O–H groups in total. The molecule has 0 saturated heterocycles. The van der Waals surface area contributed by atoms with E-state index in [9.17, 15) is 9.59 Å². The average molecular weight is 688 g/mol. The van der Waals surface area contributed by atoms with Crippen molar-refractivity contribution >= 4 is 57.4 Å². The number of ether oxygens (including phenoxy) is 3. The molecule has 4 aromatic carbocycles. The Kier molecular flexibility index (Phi) is 9.55. The molecule has 6 rings (SSSR count). The second-order valence-electron chi connectivity index (χ2n) is 11.2. The summed E-state index contributed by atoms with van der Waals surface area (Å²) in [5, 5.41) is 2.82. The SMILES string of the molecule is CCOC(=O)C1=C(C)N=c2s/c(=C\c3c(OCc4ccc(Cl)c(Cl)c4)ccc4ccccc34)c(=O)n2[C@@H]1c1ccccc1OC(C)C. The van der Waals surface area contributed by atoms with Crippen LogP contribution in [0.1, 0.15) is 50.4 Å². The first kappa shape index (κ1) is 32.6. The molecule has 47 heavy (non-hydrogen) atoms. The van der Waals surface area contributed by atoms with Gasteiger partial charge in [0.15, 0.2) is 4.80 Å². The first-order valence-corrected chi connectivity index (χ1v) is 16.8. The number of allylic oxidation sites excluding steroid dienone is 1. The quantitative estimate of drug-likeness (QED) is 0.149. The van der Waals surface area contributed by atoms with Gasteiger partial charge in [0, 0.05) is 11.1 Å². The molecule has 0 amide bonds. The lowest BCUT2D eigenvalue weighted by molar-refractivity contribution is -0.139. The minimum atomic E-state index is -0.805. The van der Waals surface area contributed by atoms with Crippen molar-refractivity contribution in [1.29, 1.82) is 0 Å². The van der Waals surface area contributed by atoms with Crippen molar-refractivity contribution in [3.05, 3.63) is 137 Å². The fourth-order valence-corrected chi connectivity index (χ4v) is 6.97. The summed E-state index contributed by atoms with van der Waals surface area (Å²) in [5.74, 6) is 0.640. The van der Waals surface area contributed by atoms with Crippen molar-refractivity contribution in [2.24, 2.45) is 4.99 Å². The Morgan fingerprint density at radius 1 is 1.00 bits per heavy atom. The molecule has 2 heterocycles. The van der Waals surface area contributed by atoms with E-state index < -0.39 is 12.0 Å². The lowest BCUT2D eigenvalue weighted by atomic mass is 9.95. The Balaban J connectivity index is 1.54. The maximum Gasteiger partial charge on any atom is 0.338 e. The number of rotatable bonds is 9. The van der Waals surface area contributed by atoms with Crippen molar-refractivity contribution in [1.82, 2.24) is 4.57 Å². The molecule has 1 atom stereocenters. The summed E-state index contributed by atoms with van der Waals surface area (Å²) in [6.45, 7) is 7.80. The van der Waals surface area contributed by atoms with E-state index >= 15 is 0 Å². The third-order valence-electron chi connectivity index (χ3n) is 7.68. The van der Waals surface area contributed by atoms with E-state index in [-0.39, 0.29) is 24.9 Å². The molecule has 0 saturated carbocycles. The Morgan fingerprint density at radius 3 is 2.53 bits per heavy atom. The highest BCUT2D eigenvalue weighted by Crippen LogP contribution is 2.36. The number of fused-ring (bicyclic) bond motifs is 2. The second-order valence-corrected chi connectivity index (χ2v) is 13.1. The lowest BCUT2D eigenvalue weighted by Gasteiger charge is -2.26. The molecule has 240 valence electrons. The summed E-state index contributed by atoms with van der Waals surface area (Å²) in [6.07, 6.45) is 1.71. The molecule has 10 heteroatoms. The number of hydrogen-bond acceptors (Lipinski definition) is 7. The number of carbonyl (C=O) groups excluding carboxylic acids is 1. The maximum absolute atomic E-state index is 14.5. The van der Waals surface area contributed by atoms with E-state index in [4.69, 9.17) is 42.4 Å². The van der Waals surface area contributed by atoms with Crippen LogP contribution in [-0.4, -0.2) is 23.2 Å². The van der Waals surface area contributed by atoms with Crippen molar-refractivity contribution in [2.75, 3.05) is 6.61 Å². The number of para-hydroxylation sites is 1. The van der Waals surface area contributed by atoms with Gasteiger partial charge in [-0.05, 0) is 74.4 Å². The van der Waals surface area contributed by atoms with Gasteiger partial charge in [0.1, 0.15) is 24.1 Å². The molecule has 1 aromatic heterocycles. The van der Waals surface area contributed by atoms with Gasteiger partial charge in [-0.3, -0.25) is 9.36 Å². The van der Waals surface area contributed by atoms with Crippen LogP contribution < -0.4 is 24.4 Å². The minimum Gasteiger partial charge on any atom is -0.491 e. The van der Waals surface area contributed by atoms with Crippen LogP contribution in [-0.2, 0) is 16.1 Å². The van der Waals surface area contributed by atoms with E-state index in [0.717, 1.165) is 21.9 Å². The van der Waals surface area contributed by atoms with E-state index in [0.29, 0.717) is 47.7 Å². The maximum atomic E-state index is 14.5. The highest BCUT2D eigenvalue weighted by atomic mass is 35.5. The Bertz CT molecular complexity index is 2220. The highest BCUT2D eigenvalue weighted by molar-refractivity contribution is 7.07. The summed E-state index contributed by atoms with van der Waals surface area (Å²) in [7, 11) is 0. The summed E-state index contributed by atoms with van der Waals surface area (Å²) >= 11 is 13.6. The van der Waals surface area contributed by atoms with E-state index in [1.807, 2.05) is 86.7 Å². The molecule has 0 radical (unpaired) electrons. The number of nitrogens with zero attached hydrogens (tertiary/aromatic N) is 2. The van der Waals surface area contributed by atoms with Gasteiger partial charge in [0.25, 0.3) is 5.56 Å². The van der Waals surface area contributed by atoms with Crippen LogP contribution in [0.3, 0.4) is 0 Å². The molecular formula is C37H32Cl2N2O5S. The molecular weight excluding hydrogens is 655 g/mol. The Hall–Kier alpha value is -4.37. The predicted octanol–water partition coefficient (Wildman–Crippen LogP) is 7.62. The average Bonchev–Trinajstić information content (AvgIpc) is 3.35.